The summed E-state index contributed by atoms with van der Waals surface area (Å²) >= 11 is 0. The summed E-state index contributed by atoms with van der Waals surface area (Å²) in [7, 11) is 0. The van der Waals surface area contributed by atoms with Crippen molar-refractivity contribution in [2.75, 3.05) is 24.5 Å². The van der Waals surface area contributed by atoms with Gasteiger partial charge in [-0.25, -0.2) is 4.90 Å². The summed E-state index contributed by atoms with van der Waals surface area (Å²) in [5.41, 5.74) is 9.17. The first-order valence-electron chi connectivity index (χ1n) is 9.50. The van der Waals surface area contributed by atoms with E-state index in [-0.39, 0.29) is 23.3 Å². The van der Waals surface area contributed by atoms with E-state index in [1.165, 1.54) is 4.90 Å². The number of fused-ring (bicyclic) bond motifs is 1. The van der Waals surface area contributed by atoms with E-state index in [9.17, 15) is 14.4 Å². The van der Waals surface area contributed by atoms with Crippen molar-refractivity contribution in [1.82, 2.24) is 4.90 Å². The maximum absolute atomic E-state index is 13.0. The zero-order valence-corrected chi connectivity index (χ0v) is 16.1. The van der Waals surface area contributed by atoms with Crippen LogP contribution in [0.2, 0.25) is 0 Å². The van der Waals surface area contributed by atoms with E-state index in [4.69, 9.17) is 5.73 Å². The van der Waals surface area contributed by atoms with E-state index in [2.05, 4.69) is 0 Å². The minimum absolute atomic E-state index is 0.121. The SMILES string of the molecule is Cc1ccc(C)c(N2C(=O)c3ccc(C(=O)N4CCC(CN)C4)cc3C2=O)c1. The zero-order chi connectivity index (χ0) is 20.0. The molecule has 3 amide bonds. The number of hydrogen-bond acceptors (Lipinski definition) is 4. The van der Waals surface area contributed by atoms with Gasteiger partial charge in [0.1, 0.15) is 0 Å². The fourth-order valence-electron chi connectivity index (χ4n) is 3.95. The molecule has 0 aliphatic carbocycles. The first kappa shape index (κ1) is 18.4. The Hall–Kier alpha value is -2.99. The topological polar surface area (TPSA) is 83.7 Å². The van der Waals surface area contributed by atoms with Crippen molar-refractivity contribution in [3.05, 3.63) is 64.2 Å². The van der Waals surface area contributed by atoms with Crippen molar-refractivity contribution in [2.45, 2.75) is 20.3 Å². The van der Waals surface area contributed by atoms with Crippen LogP contribution in [0.1, 0.15) is 48.6 Å². The molecule has 0 aromatic heterocycles. The number of rotatable bonds is 3. The number of imide groups is 1. The smallest absolute Gasteiger partial charge is 0.266 e. The van der Waals surface area contributed by atoms with Crippen molar-refractivity contribution in [1.29, 1.82) is 0 Å². The van der Waals surface area contributed by atoms with Gasteiger partial charge < -0.3 is 10.6 Å². The predicted molar refractivity (Wildman–Crippen MR) is 107 cm³/mol. The predicted octanol–water partition coefficient (Wildman–Crippen LogP) is 2.52. The van der Waals surface area contributed by atoms with Gasteiger partial charge in [-0.2, -0.15) is 0 Å². The van der Waals surface area contributed by atoms with Crippen LogP contribution in [0.15, 0.2) is 36.4 Å². The highest BCUT2D eigenvalue weighted by atomic mass is 16.2. The lowest BCUT2D eigenvalue weighted by atomic mass is 10.0. The molecule has 0 spiro atoms. The van der Waals surface area contributed by atoms with Crippen LogP contribution >= 0.6 is 0 Å². The van der Waals surface area contributed by atoms with Crippen molar-refractivity contribution in [2.24, 2.45) is 11.7 Å². The number of anilines is 1. The van der Waals surface area contributed by atoms with E-state index in [0.29, 0.717) is 42.4 Å². The molecular weight excluding hydrogens is 354 g/mol. The number of nitrogens with two attached hydrogens (primary N) is 1. The van der Waals surface area contributed by atoms with Gasteiger partial charge in [0.2, 0.25) is 0 Å². The fourth-order valence-corrected chi connectivity index (χ4v) is 3.95. The van der Waals surface area contributed by atoms with Gasteiger partial charge in [0.15, 0.2) is 0 Å². The third-order valence-electron chi connectivity index (χ3n) is 5.65. The number of likely N-dealkylation sites (tertiary alicyclic amines) is 1. The third kappa shape index (κ3) is 2.90. The maximum atomic E-state index is 13.0. The number of hydrogen-bond donors (Lipinski definition) is 1. The highest BCUT2D eigenvalue weighted by Gasteiger charge is 2.38. The number of carbonyl (C=O) groups is 3. The molecule has 1 saturated heterocycles. The van der Waals surface area contributed by atoms with Gasteiger partial charge in [-0.15, -0.1) is 0 Å². The first-order valence-corrected chi connectivity index (χ1v) is 9.50. The zero-order valence-electron chi connectivity index (χ0n) is 16.1. The Kier molecular flexibility index (Phi) is 4.51. The molecule has 2 aromatic rings. The van der Waals surface area contributed by atoms with Crippen molar-refractivity contribution < 1.29 is 14.4 Å². The highest BCUT2D eigenvalue weighted by Crippen LogP contribution is 2.32. The summed E-state index contributed by atoms with van der Waals surface area (Å²) in [6.45, 7) is 5.65. The molecule has 1 atom stereocenters. The molecule has 28 heavy (non-hydrogen) atoms. The van der Waals surface area contributed by atoms with Crippen LogP contribution in [-0.2, 0) is 0 Å². The van der Waals surface area contributed by atoms with E-state index >= 15 is 0 Å². The van der Waals surface area contributed by atoms with Crippen LogP contribution in [-0.4, -0.2) is 42.3 Å². The molecular formula is C22H23N3O3. The van der Waals surface area contributed by atoms with Gasteiger partial charge in [0.25, 0.3) is 17.7 Å². The van der Waals surface area contributed by atoms with E-state index in [1.807, 2.05) is 32.0 Å². The van der Waals surface area contributed by atoms with Crippen molar-refractivity contribution >= 4 is 23.4 Å². The van der Waals surface area contributed by atoms with Gasteiger partial charge >= 0.3 is 0 Å². The molecule has 2 aliphatic heterocycles. The number of aryl methyl sites for hydroxylation is 2. The summed E-state index contributed by atoms with van der Waals surface area (Å²) in [4.78, 5) is 41.7. The Morgan fingerprint density at radius 1 is 1.07 bits per heavy atom. The molecule has 2 N–H and O–H groups in total. The molecule has 2 heterocycles. The largest absolute Gasteiger partial charge is 0.338 e. The van der Waals surface area contributed by atoms with Gasteiger partial charge in [0, 0.05) is 18.7 Å². The highest BCUT2D eigenvalue weighted by molar-refractivity contribution is 6.35. The first-order chi connectivity index (χ1) is 13.4. The Balaban J connectivity index is 1.66. The summed E-state index contributed by atoms with van der Waals surface area (Å²) < 4.78 is 0. The van der Waals surface area contributed by atoms with E-state index in [1.54, 1.807) is 23.1 Å². The average Bonchev–Trinajstić information content (AvgIpc) is 3.27. The summed E-state index contributed by atoms with van der Waals surface area (Å²) in [5, 5.41) is 0. The molecule has 0 bridgehead atoms. The Labute approximate surface area is 163 Å². The molecule has 6 nitrogen and oxygen atoms in total. The molecule has 144 valence electrons. The van der Waals surface area contributed by atoms with Crippen LogP contribution in [0.5, 0.6) is 0 Å². The van der Waals surface area contributed by atoms with E-state index in [0.717, 1.165) is 17.5 Å². The van der Waals surface area contributed by atoms with Gasteiger partial charge in [-0.3, -0.25) is 14.4 Å². The van der Waals surface area contributed by atoms with Crippen LogP contribution in [0.25, 0.3) is 0 Å². The minimum Gasteiger partial charge on any atom is -0.338 e. The molecule has 4 rings (SSSR count). The van der Waals surface area contributed by atoms with Gasteiger partial charge in [0.05, 0.1) is 16.8 Å². The lowest BCUT2D eigenvalue weighted by Crippen LogP contribution is -2.30. The minimum atomic E-state index is -0.385. The number of carbonyl (C=O) groups excluding carboxylic acids is 3. The summed E-state index contributed by atoms with van der Waals surface area (Å²) in [6.07, 6.45) is 0.894. The Morgan fingerprint density at radius 3 is 2.54 bits per heavy atom. The normalized spacial score (nSPS) is 18.8. The molecule has 0 saturated carbocycles. The lowest BCUT2D eigenvalue weighted by Gasteiger charge is -2.17. The second kappa shape index (κ2) is 6.87. The fraction of sp³-hybridized carbons (Fsp3) is 0.318. The Morgan fingerprint density at radius 2 is 1.82 bits per heavy atom. The van der Waals surface area contributed by atoms with Crippen molar-refractivity contribution in [3.8, 4) is 0 Å². The number of benzene rings is 2. The van der Waals surface area contributed by atoms with E-state index < -0.39 is 0 Å². The van der Waals surface area contributed by atoms with Crippen molar-refractivity contribution in [3.63, 3.8) is 0 Å². The molecule has 2 aromatic carbocycles. The quantitative estimate of drug-likeness (QED) is 0.833. The average molecular weight is 377 g/mol. The van der Waals surface area contributed by atoms with Gasteiger partial charge in [-0.05, 0) is 68.1 Å². The standard InChI is InChI=1S/C22H23N3O3/c1-13-3-4-14(2)19(9-13)25-21(27)17-6-5-16(10-18(17)22(25)28)20(26)24-8-7-15(11-23)12-24/h3-6,9-10,15H,7-8,11-12,23H2,1-2H3. The van der Waals surface area contributed by atoms with Gasteiger partial charge in [-0.1, -0.05) is 12.1 Å². The number of nitrogens with zero attached hydrogens (tertiary/aromatic N) is 2. The molecule has 1 fully saturated rings. The third-order valence-corrected chi connectivity index (χ3v) is 5.65. The second-order valence-corrected chi connectivity index (χ2v) is 7.64. The Bertz CT molecular complexity index is 999. The maximum Gasteiger partial charge on any atom is 0.266 e. The molecule has 6 heteroatoms. The van der Waals surface area contributed by atoms with Crippen LogP contribution in [0, 0.1) is 19.8 Å². The summed E-state index contributed by atoms with van der Waals surface area (Å²) in [6, 6.07) is 10.4. The molecule has 2 aliphatic rings. The second-order valence-electron chi connectivity index (χ2n) is 7.64. The summed E-state index contributed by atoms with van der Waals surface area (Å²) in [5.74, 6) is -0.535. The lowest BCUT2D eigenvalue weighted by molar-refractivity contribution is 0.0787. The number of amides is 3. The van der Waals surface area contributed by atoms with Crippen LogP contribution < -0.4 is 10.6 Å². The molecule has 0 radical (unpaired) electrons. The molecule has 1 unspecified atom stereocenters. The van der Waals surface area contributed by atoms with Crippen LogP contribution in [0.4, 0.5) is 5.69 Å². The monoisotopic (exact) mass is 377 g/mol. The van der Waals surface area contributed by atoms with Crippen LogP contribution in [0.3, 0.4) is 0 Å².